The quantitative estimate of drug-likeness (QED) is 0.730. The molecule has 3 rings (SSSR count). The van der Waals surface area contributed by atoms with Gasteiger partial charge in [0.1, 0.15) is 6.04 Å². The van der Waals surface area contributed by atoms with Crippen molar-refractivity contribution in [3.05, 3.63) is 58.3 Å². The maximum atomic E-state index is 12.6. The van der Waals surface area contributed by atoms with Crippen LogP contribution >= 0.6 is 11.3 Å². The van der Waals surface area contributed by atoms with Crippen LogP contribution in [-0.2, 0) is 16.4 Å². The van der Waals surface area contributed by atoms with E-state index >= 15 is 0 Å². The van der Waals surface area contributed by atoms with E-state index in [1.165, 1.54) is 5.56 Å². The Morgan fingerprint density at radius 2 is 1.81 bits per heavy atom. The number of sulfonamides is 1. The van der Waals surface area contributed by atoms with Crippen molar-refractivity contribution in [2.24, 2.45) is 0 Å². The summed E-state index contributed by atoms with van der Waals surface area (Å²) >= 11 is 1.57. The van der Waals surface area contributed by atoms with Gasteiger partial charge < -0.3 is 0 Å². The fraction of sp³-hybridized carbons (Fsp3) is 0.421. The van der Waals surface area contributed by atoms with Crippen LogP contribution in [0.2, 0.25) is 0 Å². The minimum Gasteiger partial charge on any atom is -0.281 e. The smallest absolute Gasteiger partial charge is 0.214 e. The largest absolute Gasteiger partial charge is 0.281 e. The van der Waals surface area contributed by atoms with Crippen LogP contribution in [-0.4, -0.2) is 49.6 Å². The summed E-state index contributed by atoms with van der Waals surface area (Å²) < 4.78 is 26.8. The van der Waals surface area contributed by atoms with Gasteiger partial charge in [-0.15, -0.1) is 11.3 Å². The SMILES string of the molecule is N#CC(c1cccs1)N1CCN(S(=O)(=O)CCCc2ccccc2)CC1. The number of hydrogen-bond donors (Lipinski definition) is 0. The predicted octanol–water partition coefficient (Wildman–Crippen LogP) is 2.89. The minimum absolute atomic E-state index is 0.175. The number of nitriles is 1. The maximum Gasteiger partial charge on any atom is 0.214 e. The molecule has 5 nitrogen and oxygen atoms in total. The predicted molar refractivity (Wildman–Crippen MR) is 104 cm³/mol. The highest BCUT2D eigenvalue weighted by Crippen LogP contribution is 2.26. The molecule has 1 aliphatic rings. The fourth-order valence-electron chi connectivity index (χ4n) is 3.24. The van der Waals surface area contributed by atoms with Gasteiger partial charge in [0.2, 0.25) is 10.0 Å². The molecular formula is C19H23N3O2S2. The molecule has 26 heavy (non-hydrogen) atoms. The molecule has 1 aromatic heterocycles. The molecule has 0 aliphatic carbocycles. The Morgan fingerprint density at radius 1 is 1.08 bits per heavy atom. The third kappa shape index (κ3) is 4.71. The van der Waals surface area contributed by atoms with Crippen molar-refractivity contribution in [3.63, 3.8) is 0 Å². The summed E-state index contributed by atoms with van der Waals surface area (Å²) in [6.07, 6.45) is 1.40. The summed E-state index contributed by atoms with van der Waals surface area (Å²) in [5.74, 6) is 0.175. The first-order valence-electron chi connectivity index (χ1n) is 8.79. The Hall–Kier alpha value is -1.72. The summed E-state index contributed by atoms with van der Waals surface area (Å²) in [6, 6.07) is 15.9. The Labute approximate surface area is 159 Å². The van der Waals surface area contributed by atoms with Crippen molar-refractivity contribution in [1.82, 2.24) is 9.21 Å². The van der Waals surface area contributed by atoms with E-state index in [1.54, 1.807) is 15.6 Å². The molecule has 0 spiro atoms. The van der Waals surface area contributed by atoms with E-state index in [0.29, 0.717) is 32.6 Å². The zero-order valence-electron chi connectivity index (χ0n) is 14.6. The third-order valence-electron chi connectivity index (χ3n) is 4.68. The summed E-state index contributed by atoms with van der Waals surface area (Å²) in [6.45, 7) is 2.09. The van der Waals surface area contributed by atoms with E-state index in [-0.39, 0.29) is 11.8 Å². The van der Waals surface area contributed by atoms with Gasteiger partial charge in [0, 0.05) is 31.1 Å². The van der Waals surface area contributed by atoms with Crippen LogP contribution in [0.1, 0.15) is 22.9 Å². The lowest BCUT2D eigenvalue weighted by molar-refractivity contribution is 0.164. The first-order chi connectivity index (χ1) is 12.6. The molecule has 1 aliphatic heterocycles. The van der Waals surface area contributed by atoms with Gasteiger partial charge in [0.15, 0.2) is 0 Å². The van der Waals surface area contributed by atoms with Crippen molar-refractivity contribution in [3.8, 4) is 6.07 Å². The van der Waals surface area contributed by atoms with Crippen molar-refractivity contribution in [2.75, 3.05) is 31.9 Å². The van der Waals surface area contributed by atoms with Crippen LogP contribution in [0.15, 0.2) is 47.8 Å². The van der Waals surface area contributed by atoms with Gasteiger partial charge in [-0.3, -0.25) is 4.90 Å². The van der Waals surface area contributed by atoms with Crippen molar-refractivity contribution < 1.29 is 8.42 Å². The summed E-state index contributed by atoms with van der Waals surface area (Å²) in [4.78, 5) is 3.09. The lowest BCUT2D eigenvalue weighted by Gasteiger charge is -2.35. The van der Waals surface area contributed by atoms with Crippen LogP contribution in [0.3, 0.4) is 0 Å². The van der Waals surface area contributed by atoms with Gasteiger partial charge in [-0.1, -0.05) is 36.4 Å². The summed E-state index contributed by atoms with van der Waals surface area (Å²) in [5.41, 5.74) is 1.17. The monoisotopic (exact) mass is 389 g/mol. The molecule has 1 saturated heterocycles. The van der Waals surface area contributed by atoms with E-state index in [0.717, 1.165) is 11.3 Å². The molecule has 0 saturated carbocycles. The molecule has 0 radical (unpaired) electrons. The second kappa shape index (κ2) is 8.78. The molecule has 138 valence electrons. The highest BCUT2D eigenvalue weighted by molar-refractivity contribution is 7.89. The molecule has 0 amide bonds. The number of rotatable bonds is 7. The molecule has 1 atom stereocenters. The van der Waals surface area contributed by atoms with Gasteiger partial charge in [-0.2, -0.15) is 9.57 Å². The van der Waals surface area contributed by atoms with E-state index in [4.69, 9.17) is 0 Å². The molecule has 2 aromatic rings. The summed E-state index contributed by atoms with van der Waals surface area (Å²) in [5, 5.41) is 11.4. The molecule has 2 heterocycles. The minimum atomic E-state index is -3.24. The second-order valence-electron chi connectivity index (χ2n) is 6.39. The van der Waals surface area contributed by atoms with Gasteiger partial charge in [0.25, 0.3) is 0 Å². The molecule has 1 fully saturated rings. The average Bonchev–Trinajstić information content (AvgIpc) is 3.18. The van der Waals surface area contributed by atoms with Crippen molar-refractivity contribution in [2.45, 2.75) is 18.9 Å². The normalized spacial score (nSPS) is 17.7. The summed E-state index contributed by atoms with van der Waals surface area (Å²) in [7, 11) is -3.24. The molecule has 1 unspecified atom stereocenters. The molecule has 0 N–H and O–H groups in total. The Balaban J connectivity index is 1.51. The van der Waals surface area contributed by atoms with Crippen LogP contribution in [0.25, 0.3) is 0 Å². The number of nitrogens with zero attached hydrogens (tertiary/aromatic N) is 3. The fourth-order valence-corrected chi connectivity index (χ4v) is 5.53. The first kappa shape index (κ1) is 19.1. The van der Waals surface area contributed by atoms with Crippen molar-refractivity contribution >= 4 is 21.4 Å². The van der Waals surface area contributed by atoms with Crippen LogP contribution in [0.4, 0.5) is 0 Å². The number of benzene rings is 1. The van der Waals surface area contributed by atoms with Gasteiger partial charge in [-0.05, 0) is 29.9 Å². The van der Waals surface area contributed by atoms with E-state index < -0.39 is 10.0 Å². The zero-order valence-corrected chi connectivity index (χ0v) is 16.3. The first-order valence-corrected chi connectivity index (χ1v) is 11.3. The number of aryl methyl sites for hydroxylation is 1. The molecule has 0 bridgehead atoms. The van der Waals surface area contributed by atoms with Crippen LogP contribution in [0.5, 0.6) is 0 Å². The van der Waals surface area contributed by atoms with Crippen LogP contribution < -0.4 is 0 Å². The molecule has 1 aromatic carbocycles. The van der Waals surface area contributed by atoms with Gasteiger partial charge in [-0.25, -0.2) is 8.42 Å². The molecular weight excluding hydrogens is 366 g/mol. The number of hydrogen-bond acceptors (Lipinski definition) is 5. The second-order valence-corrected chi connectivity index (χ2v) is 9.45. The Kier molecular flexibility index (Phi) is 6.43. The van der Waals surface area contributed by atoms with Gasteiger partial charge >= 0.3 is 0 Å². The number of thiophene rings is 1. The zero-order chi connectivity index (χ0) is 18.4. The number of piperazine rings is 1. The topological polar surface area (TPSA) is 64.4 Å². The maximum absolute atomic E-state index is 12.6. The standard InChI is InChI=1S/C19H23N3O2S2/c20-16-18(19-9-4-14-25-19)21-10-12-22(13-11-21)26(23,24)15-5-8-17-6-2-1-3-7-17/h1-4,6-7,9,14,18H,5,8,10-13,15H2. The molecule has 7 heteroatoms. The van der Waals surface area contributed by atoms with Crippen LogP contribution in [0, 0.1) is 11.3 Å². The van der Waals surface area contributed by atoms with E-state index in [1.807, 2.05) is 47.8 Å². The highest BCUT2D eigenvalue weighted by atomic mass is 32.2. The van der Waals surface area contributed by atoms with Crippen molar-refractivity contribution in [1.29, 1.82) is 5.26 Å². The lowest BCUT2D eigenvalue weighted by atomic mass is 10.1. The lowest BCUT2D eigenvalue weighted by Crippen LogP contribution is -2.49. The average molecular weight is 390 g/mol. The highest BCUT2D eigenvalue weighted by Gasteiger charge is 2.30. The Morgan fingerprint density at radius 3 is 2.42 bits per heavy atom. The van der Waals surface area contributed by atoms with Gasteiger partial charge in [0.05, 0.1) is 11.8 Å². The third-order valence-corrected chi connectivity index (χ3v) is 7.56. The van der Waals surface area contributed by atoms with E-state index in [9.17, 15) is 13.7 Å². The Bertz CT molecular complexity index is 821. The van der Waals surface area contributed by atoms with E-state index in [2.05, 4.69) is 11.0 Å².